The molecule has 0 unspecified atom stereocenters. The van der Waals surface area contributed by atoms with Crippen LogP contribution in [0.5, 0.6) is 0 Å². The summed E-state index contributed by atoms with van der Waals surface area (Å²) in [4.78, 5) is 38.8. The van der Waals surface area contributed by atoms with E-state index in [1.165, 1.54) is 6.92 Å². The van der Waals surface area contributed by atoms with E-state index in [0.29, 0.717) is 35.8 Å². The predicted octanol–water partition coefficient (Wildman–Crippen LogP) is 3.38. The predicted molar refractivity (Wildman–Crippen MR) is 102 cm³/mol. The van der Waals surface area contributed by atoms with Crippen molar-refractivity contribution in [2.24, 2.45) is 5.92 Å². The summed E-state index contributed by atoms with van der Waals surface area (Å²) in [6.45, 7) is 14.4. The van der Waals surface area contributed by atoms with Crippen LogP contribution in [0.15, 0.2) is 0 Å². The zero-order chi connectivity index (χ0) is 20.0. The van der Waals surface area contributed by atoms with Crippen LogP contribution in [0.3, 0.4) is 0 Å². The molecule has 0 atom stereocenters. The van der Waals surface area contributed by atoms with Gasteiger partial charge in [0.15, 0.2) is 5.78 Å². The number of carbonyl (C=O) groups excluding carboxylic acids is 3. The maximum Gasteiger partial charge on any atom is 0.355 e. The van der Waals surface area contributed by atoms with Crippen LogP contribution in [0, 0.1) is 19.8 Å². The van der Waals surface area contributed by atoms with E-state index in [-0.39, 0.29) is 24.8 Å². The lowest BCUT2D eigenvalue weighted by Gasteiger charge is -2.21. The SMILES string of the molecule is CCOC(=O)c1c(C)c(C(=O)CN(CCC(C)C)C(C)=O)c(C)n1CC. The van der Waals surface area contributed by atoms with E-state index in [4.69, 9.17) is 4.74 Å². The van der Waals surface area contributed by atoms with Crippen molar-refractivity contribution in [2.75, 3.05) is 19.7 Å². The number of carbonyl (C=O) groups is 3. The maximum absolute atomic E-state index is 12.9. The van der Waals surface area contributed by atoms with Gasteiger partial charge in [0.25, 0.3) is 0 Å². The van der Waals surface area contributed by atoms with Gasteiger partial charge in [-0.05, 0) is 45.6 Å². The fraction of sp³-hybridized carbons (Fsp3) is 0.650. The highest BCUT2D eigenvalue weighted by Gasteiger charge is 2.27. The highest BCUT2D eigenvalue weighted by molar-refractivity contribution is 6.04. The van der Waals surface area contributed by atoms with Gasteiger partial charge in [-0.1, -0.05) is 13.8 Å². The summed E-state index contributed by atoms with van der Waals surface area (Å²) in [5.74, 6) is -0.226. The summed E-state index contributed by atoms with van der Waals surface area (Å²) in [7, 11) is 0. The van der Waals surface area contributed by atoms with Crippen LogP contribution in [0.2, 0.25) is 0 Å². The van der Waals surface area contributed by atoms with Crippen LogP contribution in [0.4, 0.5) is 0 Å². The Morgan fingerprint density at radius 2 is 1.77 bits per heavy atom. The average Bonchev–Trinajstić information content (AvgIpc) is 2.81. The third-order valence-electron chi connectivity index (χ3n) is 4.59. The van der Waals surface area contributed by atoms with Crippen LogP contribution >= 0.6 is 0 Å². The van der Waals surface area contributed by atoms with Gasteiger partial charge in [0, 0.05) is 31.3 Å². The number of hydrogen-bond acceptors (Lipinski definition) is 4. The maximum atomic E-state index is 12.9. The van der Waals surface area contributed by atoms with Gasteiger partial charge in [-0.3, -0.25) is 9.59 Å². The first-order chi connectivity index (χ1) is 12.1. The Bertz CT molecular complexity index is 674. The minimum absolute atomic E-state index is 0.0275. The normalized spacial score (nSPS) is 10.9. The molecule has 0 fully saturated rings. The Labute approximate surface area is 156 Å². The lowest BCUT2D eigenvalue weighted by Crippen LogP contribution is -2.35. The number of amides is 1. The first kappa shape index (κ1) is 21.9. The number of nitrogens with zero attached hydrogens (tertiary/aromatic N) is 2. The van der Waals surface area contributed by atoms with E-state index in [0.717, 1.165) is 12.1 Å². The molecular formula is C20H32N2O4. The van der Waals surface area contributed by atoms with Crippen LogP contribution in [-0.4, -0.2) is 46.8 Å². The Morgan fingerprint density at radius 1 is 1.15 bits per heavy atom. The second kappa shape index (κ2) is 9.55. The Kier molecular flexibility index (Phi) is 8.06. The third-order valence-corrected chi connectivity index (χ3v) is 4.59. The topological polar surface area (TPSA) is 68.6 Å². The zero-order valence-electron chi connectivity index (χ0n) is 17.1. The molecule has 6 heteroatoms. The van der Waals surface area contributed by atoms with Crippen molar-refractivity contribution in [3.63, 3.8) is 0 Å². The Morgan fingerprint density at radius 3 is 2.23 bits per heavy atom. The molecular weight excluding hydrogens is 332 g/mol. The van der Waals surface area contributed by atoms with E-state index < -0.39 is 5.97 Å². The number of esters is 1. The molecule has 0 saturated carbocycles. The molecule has 0 radical (unpaired) electrons. The average molecular weight is 364 g/mol. The fourth-order valence-corrected chi connectivity index (χ4v) is 3.18. The quantitative estimate of drug-likeness (QED) is 0.498. The molecule has 0 aromatic carbocycles. The minimum atomic E-state index is -0.419. The number of Topliss-reactive ketones (excluding diaryl/α,β-unsaturated/α-hetero) is 1. The van der Waals surface area contributed by atoms with Gasteiger partial charge in [0.2, 0.25) is 5.91 Å². The molecule has 0 aliphatic carbocycles. The number of ketones is 1. The third kappa shape index (κ3) is 4.96. The molecule has 26 heavy (non-hydrogen) atoms. The second-order valence-corrected chi connectivity index (χ2v) is 6.95. The molecule has 146 valence electrons. The fourth-order valence-electron chi connectivity index (χ4n) is 3.18. The van der Waals surface area contributed by atoms with Crippen molar-refractivity contribution in [1.29, 1.82) is 0 Å². The summed E-state index contributed by atoms with van der Waals surface area (Å²) in [6.07, 6.45) is 0.842. The number of aromatic nitrogens is 1. The molecule has 1 rings (SSSR count). The summed E-state index contributed by atoms with van der Waals surface area (Å²) in [5.41, 5.74) is 2.31. The van der Waals surface area contributed by atoms with E-state index in [1.807, 2.05) is 18.4 Å². The zero-order valence-corrected chi connectivity index (χ0v) is 17.1. The highest BCUT2D eigenvalue weighted by Crippen LogP contribution is 2.24. The first-order valence-electron chi connectivity index (χ1n) is 9.31. The second-order valence-electron chi connectivity index (χ2n) is 6.95. The molecule has 0 spiro atoms. The van der Waals surface area contributed by atoms with E-state index in [9.17, 15) is 14.4 Å². The van der Waals surface area contributed by atoms with Crippen LogP contribution < -0.4 is 0 Å². The van der Waals surface area contributed by atoms with Crippen molar-refractivity contribution in [3.8, 4) is 0 Å². The van der Waals surface area contributed by atoms with Crippen molar-refractivity contribution >= 4 is 17.7 Å². The van der Waals surface area contributed by atoms with Gasteiger partial charge in [0.1, 0.15) is 5.69 Å². The molecule has 6 nitrogen and oxygen atoms in total. The van der Waals surface area contributed by atoms with Crippen LogP contribution in [0.25, 0.3) is 0 Å². The van der Waals surface area contributed by atoms with E-state index in [2.05, 4.69) is 13.8 Å². The molecule has 0 aliphatic heterocycles. The molecule has 1 heterocycles. The lowest BCUT2D eigenvalue weighted by molar-refractivity contribution is -0.128. The summed E-state index contributed by atoms with van der Waals surface area (Å²) < 4.78 is 6.96. The van der Waals surface area contributed by atoms with Crippen molar-refractivity contribution in [3.05, 3.63) is 22.5 Å². The van der Waals surface area contributed by atoms with Crippen LogP contribution in [-0.2, 0) is 16.1 Å². The van der Waals surface area contributed by atoms with Gasteiger partial charge in [-0.25, -0.2) is 4.79 Å². The standard InChI is InChI=1S/C20H32N2O4/c1-8-22-15(6)18(14(5)19(22)20(25)26-9-2)17(24)12-21(16(7)23)11-10-13(3)4/h13H,8-12H2,1-7H3. The van der Waals surface area contributed by atoms with Gasteiger partial charge >= 0.3 is 5.97 Å². The number of rotatable bonds is 9. The monoisotopic (exact) mass is 364 g/mol. The minimum Gasteiger partial charge on any atom is -0.461 e. The van der Waals surface area contributed by atoms with Gasteiger partial charge in [0.05, 0.1) is 13.2 Å². The van der Waals surface area contributed by atoms with E-state index in [1.54, 1.807) is 18.7 Å². The number of ether oxygens (including phenoxy) is 1. The summed E-state index contributed by atoms with van der Waals surface area (Å²) in [5, 5.41) is 0. The van der Waals surface area contributed by atoms with Crippen LogP contribution in [0.1, 0.15) is 73.1 Å². The van der Waals surface area contributed by atoms with Gasteiger partial charge in [-0.2, -0.15) is 0 Å². The number of hydrogen-bond donors (Lipinski definition) is 0. The summed E-state index contributed by atoms with van der Waals surface area (Å²) in [6, 6.07) is 0. The molecule has 0 aliphatic rings. The molecule has 0 saturated heterocycles. The largest absolute Gasteiger partial charge is 0.461 e. The highest BCUT2D eigenvalue weighted by atomic mass is 16.5. The van der Waals surface area contributed by atoms with Gasteiger partial charge in [-0.15, -0.1) is 0 Å². The summed E-state index contributed by atoms with van der Waals surface area (Å²) >= 11 is 0. The molecule has 1 amide bonds. The van der Waals surface area contributed by atoms with Crippen molar-refractivity contribution in [2.45, 2.75) is 61.4 Å². The first-order valence-corrected chi connectivity index (χ1v) is 9.31. The molecule has 1 aromatic heterocycles. The van der Waals surface area contributed by atoms with E-state index >= 15 is 0 Å². The molecule has 0 bridgehead atoms. The van der Waals surface area contributed by atoms with Crippen molar-refractivity contribution < 1.29 is 19.1 Å². The molecule has 0 N–H and O–H groups in total. The Hall–Kier alpha value is -2.11. The van der Waals surface area contributed by atoms with Gasteiger partial charge < -0.3 is 14.2 Å². The smallest absolute Gasteiger partial charge is 0.355 e. The lowest BCUT2D eigenvalue weighted by atomic mass is 10.0. The Balaban J connectivity index is 3.19. The van der Waals surface area contributed by atoms with Crippen molar-refractivity contribution in [1.82, 2.24) is 9.47 Å². The molecule has 1 aromatic rings.